The molecule has 0 atom stereocenters. The van der Waals surface area contributed by atoms with E-state index in [0.29, 0.717) is 11.0 Å². The summed E-state index contributed by atoms with van der Waals surface area (Å²) in [5.74, 6) is 0.0961. The predicted molar refractivity (Wildman–Crippen MR) is 65.6 cm³/mol. The van der Waals surface area contributed by atoms with Crippen LogP contribution in [0.15, 0.2) is 28.3 Å². The van der Waals surface area contributed by atoms with Crippen LogP contribution in [0.1, 0.15) is 5.56 Å². The molecule has 0 bridgehead atoms. The van der Waals surface area contributed by atoms with Gasteiger partial charge in [0.2, 0.25) is 11.9 Å². The van der Waals surface area contributed by atoms with E-state index >= 15 is 0 Å². The van der Waals surface area contributed by atoms with Gasteiger partial charge in [0.1, 0.15) is 12.3 Å². The lowest BCUT2D eigenvalue weighted by Crippen LogP contribution is -2.55. The molecule has 7 nitrogen and oxygen atoms in total. The van der Waals surface area contributed by atoms with Crippen LogP contribution in [-0.2, 0) is 4.79 Å². The molecule has 2 heterocycles. The molecule has 2 aliphatic rings. The van der Waals surface area contributed by atoms with Crippen molar-refractivity contribution in [3.05, 3.63) is 23.8 Å². The summed E-state index contributed by atoms with van der Waals surface area (Å²) >= 11 is 0. The molecular formula is C10H9BN4O3. The van der Waals surface area contributed by atoms with E-state index in [2.05, 4.69) is 15.4 Å². The highest BCUT2D eigenvalue weighted by Crippen LogP contribution is 2.13. The molecule has 0 unspecified atom stereocenters. The lowest BCUT2D eigenvalue weighted by Gasteiger charge is -2.25. The van der Waals surface area contributed by atoms with Crippen LogP contribution in [0.3, 0.4) is 0 Å². The maximum atomic E-state index is 11.1. The second-order valence-corrected chi connectivity index (χ2v) is 3.96. The molecule has 18 heavy (non-hydrogen) atoms. The Morgan fingerprint density at radius 1 is 1.44 bits per heavy atom. The summed E-state index contributed by atoms with van der Waals surface area (Å²) in [5, 5.41) is 26.0. The van der Waals surface area contributed by atoms with Crippen molar-refractivity contribution in [1.29, 1.82) is 0 Å². The molecular weight excluding hydrogens is 235 g/mol. The molecule has 1 aromatic rings. The molecule has 0 fully saturated rings. The van der Waals surface area contributed by atoms with Gasteiger partial charge < -0.3 is 10.1 Å². The first-order valence-electron chi connectivity index (χ1n) is 5.33. The SMILES string of the molecule is O=C1CN=C(N2N=Cc3cc(O)ccc3B2O)N1. The van der Waals surface area contributed by atoms with Gasteiger partial charge in [0, 0.05) is 0 Å². The number of amides is 1. The Kier molecular flexibility index (Phi) is 2.30. The maximum absolute atomic E-state index is 11.1. The highest BCUT2D eigenvalue weighted by atomic mass is 16.3. The standard InChI is InChI=1S/C10H9BN4O3/c16-7-1-2-8-6(3-7)4-13-15(11(8)18)10-12-5-9(17)14-10/h1-4,16,18H,5H2,(H,12,14,17). The Morgan fingerprint density at radius 2 is 2.28 bits per heavy atom. The number of rotatable bonds is 0. The zero-order valence-corrected chi connectivity index (χ0v) is 9.24. The molecule has 3 N–H and O–H groups in total. The van der Waals surface area contributed by atoms with Gasteiger partial charge in [-0.15, -0.1) is 0 Å². The Hall–Kier alpha value is -2.35. The van der Waals surface area contributed by atoms with Gasteiger partial charge in [-0.25, -0.2) is 9.91 Å². The molecule has 1 aromatic carbocycles. The minimum absolute atomic E-state index is 0.0382. The number of hydrogen-bond donors (Lipinski definition) is 3. The van der Waals surface area contributed by atoms with Crippen molar-refractivity contribution >= 4 is 30.6 Å². The summed E-state index contributed by atoms with van der Waals surface area (Å²) < 4.78 is 0. The van der Waals surface area contributed by atoms with Crippen molar-refractivity contribution in [2.24, 2.45) is 10.1 Å². The van der Waals surface area contributed by atoms with Gasteiger partial charge >= 0.3 is 7.05 Å². The number of nitrogens with zero attached hydrogens (tertiary/aromatic N) is 3. The van der Waals surface area contributed by atoms with E-state index in [4.69, 9.17) is 0 Å². The van der Waals surface area contributed by atoms with Crippen LogP contribution >= 0.6 is 0 Å². The van der Waals surface area contributed by atoms with Crippen molar-refractivity contribution in [1.82, 2.24) is 10.2 Å². The van der Waals surface area contributed by atoms with Gasteiger partial charge in [0.15, 0.2) is 0 Å². The van der Waals surface area contributed by atoms with Crippen LogP contribution < -0.4 is 10.8 Å². The third-order valence-electron chi connectivity index (χ3n) is 2.74. The first-order valence-corrected chi connectivity index (χ1v) is 5.33. The molecule has 2 aliphatic heterocycles. The normalized spacial score (nSPS) is 17.6. The Bertz CT molecular complexity index is 586. The predicted octanol–water partition coefficient (Wildman–Crippen LogP) is -1.79. The van der Waals surface area contributed by atoms with Gasteiger partial charge in [0.05, 0.1) is 6.21 Å². The first kappa shape index (κ1) is 10.8. The molecule has 0 aliphatic carbocycles. The lowest BCUT2D eigenvalue weighted by atomic mass is 9.70. The zero-order chi connectivity index (χ0) is 12.7. The van der Waals surface area contributed by atoms with Crippen LogP contribution in [0, 0.1) is 0 Å². The van der Waals surface area contributed by atoms with Gasteiger partial charge in [-0.05, 0) is 23.2 Å². The van der Waals surface area contributed by atoms with Crippen molar-refractivity contribution in [2.75, 3.05) is 6.54 Å². The number of phenolic OH excluding ortho intramolecular Hbond substituents is 1. The molecule has 3 rings (SSSR count). The van der Waals surface area contributed by atoms with E-state index in [-0.39, 0.29) is 24.2 Å². The molecule has 0 radical (unpaired) electrons. The highest BCUT2D eigenvalue weighted by molar-refractivity contribution is 6.67. The zero-order valence-electron chi connectivity index (χ0n) is 9.24. The molecule has 0 saturated carbocycles. The van der Waals surface area contributed by atoms with E-state index in [1.165, 1.54) is 23.3 Å². The molecule has 0 aromatic heterocycles. The Balaban J connectivity index is 1.95. The van der Waals surface area contributed by atoms with E-state index in [0.717, 1.165) is 0 Å². The number of benzene rings is 1. The van der Waals surface area contributed by atoms with Crippen LogP contribution in [0.25, 0.3) is 0 Å². The minimum Gasteiger partial charge on any atom is -0.508 e. The maximum Gasteiger partial charge on any atom is 0.474 e. The van der Waals surface area contributed by atoms with Gasteiger partial charge in [-0.3, -0.25) is 10.1 Å². The number of phenols is 1. The molecule has 90 valence electrons. The number of nitrogens with one attached hydrogen (secondary N) is 1. The summed E-state index contributed by atoms with van der Waals surface area (Å²) in [6.45, 7) is 0.0382. The lowest BCUT2D eigenvalue weighted by molar-refractivity contribution is -0.117. The molecule has 8 heteroatoms. The quantitative estimate of drug-likeness (QED) is 0.470. The number of hydrazone groups is 1. The number of fused-ring (bicyclic) bond motifs is 1. The first-order chi connectivity index (χ1) is 8.65. The van der Waals surface area contributed by atoms with Crippen molar-refractivity contribution in [3.8, 4) is 5.75 Å². The third-order valence-corrected chi connectivity index (χ3v) is 2.74. The molecule has 1 amide bonds. The topological polar surface area (TPSA) is 97.5 Å². The van der Waals surface area contributed by atoms with E-state index in [1.807, 2.05) is 0 Å². The van der Waals surface area contributed by atoms with Crippen molar-refractivity contribution in [3.63, 3.8) is 0 Å². The second-order valence-electron chi connectivity index (χ2n) is 3.96. The monoisotopic (exact) mass is 244 g/mol. The summed E-state index contributed by atoms with van der Waals surface area (Å²) in [7, 11) is -1.04. The fourth-order valence-corrected chi connectivity index (χ4v) is 1.88. The molecule has 0 saturated heterocycles. The minimum atomic E-state index is -1.04. The number of hydrogen-bond acceptors (Lipinski definition) is 6. The van der Waals surface area contributed by atoms with Crippen LogP contribution in [-0.4, -0.2) is 46.7 Å². The number of carbonyl (C=O) groups is 1. The van der Waals surface area contributed by atoms with E-state index < -0.39 is 7.05 Å². The van der Waals surface area contributed by atoms with Crippen molar-refractivity contribution in [2.45, 2.75) is 0 Å². The van der Waals surface area contributed by atoms with Crippen LogP contribution in [0.4, 0.5) is 0 Å². The fraction of sp³-hybridized carbons (Fsp3) is 0.100. The van der Waals surface area contributed by atoms with Crippen molar-refractivity contribution < 1.29 is 14.9 Å². The van der Waals surface area contributed by atoms with Crippen LogP contribution in [0.2, 0.25) is 0 Å². The average molecular weight is 244 g/mol. The van der Waals surface area contributed by atoms with Gasteiger partial charge in [0.25, 0.3) is 0 Å². The van der Waals surface area contributed by atoms with E-state index in [1.54, 1.807) is 6.07 Å². The van der Waals surface area contributed by atoms with Gasteiger partial charge in [-0.2, -0.15) is 5.10 Å². The van der Waals surface area contributed by atoms with Gasteiger partial charge in [-0.1, -0.05) is 6.07 Å². The molecule has 0 spiro atoms. The average Bonchev–Trinajstić information content (AvgIpc) is 2.76. The number of guanidine groups is 1. The summed E-state index contributed by atoms with van der Waals surface area (Å²) in [6.07, 6.45) is 1.49. The highest BCUT2D eigenvalue weighted by Gasteiger charge is 2.34. The largest absolute Gasteiger partial charge is 0.508 e. The number of carbonyl (C=O) groups excluding carboxylic acids is 1. The number of aromatic hydroxyl groups is 1. The van der Waals surface area contributed by atoms with E-state index in [9.17, 15) is 14.9 Å². The Labute approximate surface area is 103 Å². The number of aliphatic imine (C=N–C) groups is 1. The summed E-state index contributed by atoms with van der Waals surface area (Å²) in [6, 6.07) is 4.59. The summed E-state index contributed by atoms with van der Waals surface area (Å²) in [4.78, 5) is 16.2. The van der Waals surface area contributed by atoms with Crippen LogP contribution in [0.5, 0.6) is 5.75 Å². The smallest absolute Gasteiger partial charge is 0.474 e. The second kappa shape index (κ2) is 3.85. The Morgan fingerprint density at radius 3 is 3.00 bits per heavy atom. The summed E-state index contributed by atoms with van der Waals surface area (Å²) in [5.41, 5.74) is 1.22. The fourth-order valence-electron chi connectivity index (χ4n) is 1.88. The third kappa shape index (κ3) is 1.63.